The zero-order valence-corrected chi connectivity index (χ0v) is 18.7. The number of aromatic nitrogens is 2. The van der Waals surface area contributed by atoms with Crippen LogP contribution in [0.2, 0.25) is 0 Å². The number of H-pyrrole nitrogens is 1. The number of halogens is 2. The van der Waals surface area contributed by atoms with Crippen molar-refractivity contribution in [3.05, 3.63) is 83.7 Å². The third-order valence-corrected chi connectivity index (χ3v) is 7.36. The number of nitrogens with one attached hydrogen (secondary N) is 2. The maximum atomic E-state index is 15.3. The molecule has 0 unspecified atom stereocenters. The van der Waals surface area contributed by atoms with Crippen molar-refractivity contribution < 1.29 is 22.0 Å². The molecule has 5 rings (SSSR count). The normalized spacial score (nSPS) is 14.5. The number of aromatic amines is 1. The number of hydrogen-bond donors (Lipinski definition) is 2. The molecule has 1 aliphatic heterocycles. The highest BCUT2D eigenvalue weighted by molar-refractivity contribution is 7.90. The smallest absolute Gasteiger partial charge is 0.301 e. The Labute approximate surface area is 194 Å². The van der Waals surface area contributed by atoms with Gasteiger partial charge >= 0.3 is 10.2 Å². The first-order chi connectivity index (χ1) is 16.3. The van der Waals surface area contributed by atoms with Crippen molar-refractivity contribution in [2.45, 2.75) is 12.8 Å². The second kappa shape index (κ2) is 8.62. The second-order valence-corrected chi connectivity index (χ2v) is 9.71. The number of ketones is 1. The van der Waals surface area contributed by atoms with Gasteiger partial charge in [-0.3, -0.25) is 9.52 Å². The van der Waals surface area contributed by atoms with Crippen LogP contribution in [-0.4, -0.2) is 41.6 Å². The van der Waals surface area contributed by atoms with Gasteiger partial charge in [0, 0.05) is 42.0 Å². The fourth-order valence-corrected chi connectivity index (χ4v) is 5.36. The summed E-state index contributed by atoms with van der Waals surface area (Å²) >= 11 is 0. The van der Waals surface area contributed by atoms with E-state index in [0.717, 1.165) is 12.8 Å². The van der Waals surface area contributed by atoms with Crippen LogP contribution in [0.5, 0.6) is 0 Å². The van der Waals surface area contributed by atoms with Crippen LogP contribution in [0.1, 0.15) is 28.8 Å². The molecule has 3 heterocycles. The van der Waals surface area contributed by atoms with E-state index in [-0.39, 0.29) is 22.6 Å². The largest absolute Gasteiger partial charge is 0.345 e. The van der Waals surface area contributed by atoms with E-state index in [2.05, 4.69) is 14.7 Å². The summed E-state index contributed by atoms with van der Waals surface area (Å²) in [5.41, 5.74) is 1.43. The lowest BCUT2D eigenvalue weighted by atomic mass is 10.0. The molecule has 1 aliphatic rings. The lowest BCUT2D eigenvalue weighted by Crippen LogP contribution is -2.33. The third-order valence-electron chi connectivity index (χ3n) is 5.84. The van der Waals surface area contributed by atoms with Crippen molar-refractivity contribution in [1.29, 1.82) is 0 Å². The van der Waals surface area contributed by atoms with Crippen LogP contribution in [-0.2, 0) is 10.2 Å². The summed E-state index contributed by atoms with van der Waals surface area (Å²) < 4.78 is 57.2. The molecule has 4 aromatic rings. The Morgan fingerprint density at radius 2 is 1.74 bits per heavy atom. The van der Waals surface area contributed by atoms with Gasteiger partial charge in [0.25, 0.3) is 0 Å². The van der Waals surface area contributed by atoms with E-state index < -0.39 is 21.8 Å². The summed E-state index contributed by atoms with van der Waals surface area (Å²) in [5, 5.41) is 0.467. The lowest BCUT2D eigenvalue weighted by molar-refractivity contribution is 0.103. The van der Waals surface area contributed by atoms with Crippen LogP contribution in [0.15, 0.2) is 60.9 Å². The highest BCUT2D eigenvalue weighted by Gasteiger charge is 2.27. The number of anilines is 1. The average Bonchev–Trinajstić information content (AvgIpc) is 3.51. The van der Waals surface area contributed by atoms with Crippen molar-refractivity contribution in [3.8, 4) is 11.1 Å². The van der Waals surface area contributed by atoms with E-state index >= 15 is 4.39 Å². The van der Waals surface area contributed by atoms with Crippen molar-refractivity contribution >= 4 is 32.7 Å². The summed E-state index contributed by atoms with van der Waals surface area (Å²) in [4.78, 5) is 20.5. The molecule has 0 spiro atoms. The summed E-state index contributed by atoms with van der Waals surface area (Å²) in [6.07, 6.45) is 4.52. The molecule has 7 nitrogen and oxygen atoms in total. The fourth-order valence-electron chi connectivity index (χ4n) is 4.05. The van der Waals surface area contributed by atoms with E-state index in [1.165, 1.54) is 40.8 Å². The van der Waals surface area contributed by atoms with Crippen LogP contribution in [0, 0.1) is 11.6 Å². The second-order valence-electron chi connectivity index (χ2n) is 8.04. The maximum Gasteiger partial charge on any atom is 0.301 e. The monoisotopic (exact) mass is 482 g/mol. The van der Waals surface area contributed by atoms with Crippen LogP contribution >= 0.6 is 0 Å². The number of hydrogen-bond acceptors (Lipinski definition) is 4. The van der Waals surface area contributed by atoms with Crippen LogP contribution in [0.4, 0.5) is 14.5 Å². The molecule has 0 amide bonds. The fraction of sp³-hybridized carbons (Fsp3) is 0.167. The maximum absolute atomic E-state index is 15.3. The molecule has 174 valence electrons. The molecule has 2 N–H and O–H groups in total. The van der Waals surface area contributed by atoms with E-state index in [4.69, 9.17) is 0 Å². The Morgan fingerprint density at radius 1 is 1.00 bits per heavy atom. The van der Waals surface area contributed by atoms with E-state index in [1.54, 1.807) is 24.4 Å². The van der Waals surface area contributed by atoms with Gasteiger partial charge in [0.05, 0.1) is 11.3 Å². The van der Waals surface area contributed by atoms with Gasteiger partial charge in [-0.2, -0.15) is 12.7 Å². The average molecular weight is 483 g/mol. The minimum atomic E-state index is -3.92. The van der Waals surface area contributed by atoms with Gasteiger partial charge < -0.3 is 4.98 Å². The Kier molecular flexibility index (Phi) is 5.62. The van der Waals surface area contributed by atoms with E-state index in [1.807, 2.05) is 0 Å². The molecule has 0 radical (unpaired) electrons. The van der Waals surface area contributed by atoms with Gasteiger partial charge in [0.2, 0.25) is 0 Å². The highest BCUT2D eigenvalue weighted by Crippen LogP contribution is 2.29. The molecule has 0 atom stereocenters. The predicted molar refractivity (Wildman–Crippen MR) is 125 cm³/mol. The van der Waals surface area contributed by atoms with E-state index in [0.29, 0.717) is 35.2 Å². The molecule has 2 aromatic heterocycles. The highest BCUT2D eigenvalue weighted by atomic mass is 32.2. The molecular weight excluding hydrogens is 462 g/mol. The van der Waals surface area contributed by atoms with Gasteiger partial charge in [-0.05, 0) is 48.7 Å². The molecule has 34 heavy (non-hydrogen) atoms. The molecule has 0 bridgehead atoms. The minimum Gasteiger partial charge on any atom is -0.345 e. The standard InChI is InChI=1S/C24H20F2N4O3S/c25-17-8-6-15(7-9-17)16-12-19-20(14-28-24(19)27-13-16)23(31)18-4-3-5-21(22(18)26)29-34(32,33)30-10-1-2-11-30/h3-9,12-14,29H,1-2,10-11H2,(H,27,28). The first-order valence-electron chi connectivity index (χ1n) is 10.7. The van der Waals surface area contributed by atoms with Crippen molar-refractivity contribution in [1.82, 2.24) is 14.3 Å². The van der Waals surface area contributed by atoms with Crippen LogP contribution in [0.3, 0.4) is 0 Å². The molecular formula is C24H20F2N4O3S. The molecule has 10 heteroatoms. The third kappa shape index (κ3) is 4.06. The van der Waals surface area contributed by atoms with Gasteiger partial charge in [-0.1, -0.05) is 18.2 Å². The van der Waals surface area contributed by atoms with Gasteiger partial charge in [-0.25, -0.2) is 13.8 Å². The van der Waals surface area contributed by atoms with Gasteiger partial charge in [0.1, 0.15) is 11.5 Å². The van der Waals surface area contributed by atoms with E-state index in [9.17, 15) is 17.6 Å². The first kappa shape index (κ1) is 22.2. The summed E-state index contributed by atoms with van der Waals surface area (Å²) in [6, 6.07) is 11.6. The Hall–Kier alpha value is -3.63. The van der Waals surface area contributed by atoms with Gasteiger partial charge in [-0.15, -0.1) is 0 Å². The number of pyridine rings is 1. The summed E-state index contributed by atoms with van der Waals surface area (Å²) in [6.45, 7) is 0.739. The number of rotatable bonds is 6. The molecule has 2 aromatic carbocycles. The lowest BCUT2D eigenvalue weighted by Gasteiger charge is -2.17. The Balaban J connectivity index is 1.50. The molecule has 0 saturated carbocycles. The van der Waals surface area contributed by atoms with Crippen molar-refractivity contribution in [2.75, 3.05) is 17.8 Å². The first-order valence-corrected chi connectivity index (χ1v) is 12.1. The number of nitrogens with zero attached hydrogens (tertiary/aromatic N) is 2. The molecule has 1 saturated heterocycles. The molecule has 1 fully saturated rings. The number of carbonyl (C=O) groups is 1. The quantitative estimate of drug-likeness (QED) is 0.396. The number of benzene rings is 2. The van der Waals surface area contributed by atoms with Crippen molar-refractivity contribution in [3.63, 3.8) is 0 Å². The molecule has 0 aliphatic carbocycles. The zero-order valence-electron chi connectivity index (χ0n) is 17.9. The number of fused-ring (bicyclic) bond motifs is 1. The SMILES string of the molecule is O=C(c1cccc(NS(=O)(=O)N2CCCC2)c1F)c1c[nH]c2ncc(-c3ccc(F)cc3)cc12. The summed E-state index contributed by atoms with van der Waals surface area (Å²) in [5.74, 6) is -1.94. The topological polar surface area (TPSA) is 95.2 Å². The predicted octanol–water partition coefficient (Wildman–Crippen LogP) is 4.49. The summed E-state index contributed by atoms with van der Waals surface area (Å²) in [7, 11) is -3.92. The van der Waals surface area contributed by atoms with Crippen molar-refractivity contribution in [2.24, 2.45) is 0 Å². The Morgan fingerprint density at radius 3 is 2.47 bits per heavy atom. The van der Waals surface area contributed by atoms with Crippen LogP contribution < -0.4 is 4.72 Å². The number of carbonyl (C=O) groups excluding carboxylic acids is 1. The van der Waals surface area contributed by atoms with Gasteiger partial charge in [0.15, 0.2) is 11.6 Å². The zero-order chi connectivity index (χ0) is 23.9. The Bertz CT molecular complexity index is 1490. The van der Waals surface area contributed by atoms with Crippen LogP contribution in [0.25, 0.3) is 22.2 Å². The minimum absolute atomic E-state index is 0.185.